The highest BCUT2D eigenvalue weighted by atomic mass is 32.1. The largest absolute Gasteiger partial charge is 0.399 e. The summed E-state index contributed by atoms with van der Waals surface area (Å²) < 4.78 is 33.0. The number of rotatable bonds is 4. The van der Waals surface area contributed by atoms with Crippen LogP contribution in [0.4, 0.5) is 8.78 Å². The molecule has 1 aromatic heterocycles. The molecule has 2 aromatic carbocycles. The molecule has 0 amide bonds. The van der Waals surface area contributed by atoms with E-state index < -0.39 is 11.6 Å². The standard InChI is InChI=1S/C16H11F2N3OS/c1-22-20-15(16-19-9-23-21-16)14-12(17)7-11(8-13(14)18)10-5-3-2-4-6-10/h2-9H,1H3/b20-15+. The summed E-state index contributed by atoms with van der Waals surface area (Å²) in [5.41, 5.74) is 2.21. The zero-order chi connectivity index (χ0) is 16.2. The third-order valence-electron chi connectivity index (χ3n) is 3.14. The average Bonchev–Trinajstić information content (AvgIpc) is 3.08. The van der Waals surface area contributed by atoms with Gasteiger partial charge in [-0.15, -0.1) is 0 Å². The van der Waals surface area contributed by atoms with Gasteiger partial charge in [0.2, 0.25) is 0 Å². The lowest BCUT2D eigenvalue weighted by molar-refractivity contribution is 0.213. The van der Waals surface area contributed by atoms with E-state index in [4.69, 9.17) is 0 Å². The van der Waals surface area contributed by atoms with Gasteiger partial charge >= 0.3 is 0 Å². The topological polar surface area (TPSA) is 47.4 Å². The molecule has 0 aliphatic carbocycles. The molecule has 0 spiro atoms. The van der Waals surface area contributed by atoms with Gasteiger partial charge in [-0.1, -0.05) is 35.5 Å². The first kappa shape index (κ1) is 15.2. The number of hydrogen-bond donors (Lipinski definition) is 0. The smallest absolute Gasteiger partial charge is 0.195 e. The van der Waals surface area contributed by atoms with Gasteiger partial charge in [-0.3, -0.25) is 0 Å². The van der Waals surface area contributed by atoms with E-state index in [1.54, 1.807) is 24.3 Å². The molecule has 1 heterocycles. The second-order valence-corrected chi connectivity index (χ2v) is 5.16. The molecule has 0 unspecified atom stereocenters. The number of hydrogen-bond acceptors (Lipinski definition) is 5. The van der Waals surface area contributed by atoms with Crippen molar-refractivity contribution in [2.75, 3.05) is 7.11 Å². The van der Waals surface area contributed by atoms with Crippen molar-refractivity contribution in [2.45, 2.75) is 0 Å². The Bertz CT molecular complexity index is 813. The lowest BCUT2D eigenvalue weighted by Crippen LogP contribution is -2.11. The number of benzene rings is 2. The van der Waals surface area contributed by atoms with Crippen LogP contribution in [0.15, 0.2) is 53.1 Å². The number of halogens is 2. The van der Waals surface area contributed by atoms with E-state index in [1.807, 2.05) is 6.07 Å². The van der Waals surface area contributed by atoms with Crippen molar-refractivity contribution >= 4 is 17.2 Å². The molecular weight excluding hydrogens is 320 g/mol. The van der Waals surface area contributed by atoms with Crippen molar-refractivity contribution in [3.63, 3.8) is 0 Å². The van der Waals surface area contributed by atoms with Gasteiger partial charge in [-0.25, -0.2) is 13.8 Å². The summed E-state index contributed by atoms with van der Waals surface area (Å²) in [6, 6.07) is 11.5. The van der Waals surface area contributed by atoms with Crippen molar-refractivity contribution < 1.29 is 13.6 Å². The summed E-state index contributed by atoms with van der Waals surface area (Å²) in [6.07, 6.45) is 0. The van der Waals surface area contributed by atoms with E-state index in [0.717, 1.165) is 11.5 Å². The Kier molecular flexibility index (Phi) is 4.38. The lowest BCUT2D eigenvalue weighted by atomic mass is 10.0. The normalized spacial score (nSPS) is 11.5. The Morgan fingerprint density at radius 3 is 2.35 bits per heavy atom. The van der Waals surface area contributed by atoms with Crippen LogP contribution >= 0.6 is 11.5 Å². The SMILES string of the molecule is CO/N=C(/c1ncsn1)c1c(F)cc(-c2ccccc2)cc1F. The van der Waals surface area contributed by atoms with Crippen LogP contribution in [0.1, 0.15) is 11.4 Å². The van der Waals surface area contributed by atoms with Crippen molar-refractivity contribution in [3.8, 4) is 11.1 Å². The Morgan fingerprint density at radius 2 is 1.78 bits per heavy atom. The highest BCUT2D eigenvalue weighted by Crippen LogP contribution is 2.26. The van der Waals surface area contributed by atoms with Crippen molar-refractivity contribution in [1.29, 1.82) is 0 Å². The molecule has 0 radical (unpaired) electrons. The van der Waals surface area contributed by atoms with Gasteiger partial charge in [0.1, 0.15) is 24.3 Å². The minimum Gasteiger partial charge on any atom is -0.399 e. The second kappa shape index (κ2) is 6.62. The van der Waals surface area contributed by atoms with E-state index in [1.165, 1.54) is 24.8 Å². The van der Waals surface area contributed by atoms with Gasteiger partial charge in [0.05, 0.1) is 5.56 Å². The van der Waals surface area contributed by atoms with Gasteiger partial charge < -0.3 is 4.84 Å². The molecule has 116 valence electrons. The molecule has 3 rings (SSSR count). The van der Waals surface area contributed by atoms with E-state index >= 15 is 0 Å². The molecule has 0 saturated heterocycles. The molecule has 0 atom stereocenters. The van der Waals surface area contributed by atoms with Crippen molar-refractivity contribution in [3.05, 3.63) is 71.0 Å². The fourth-order valence-corrected chi connectivity index (χ4v) is 2.59. The first-order valence-electron chi connectivity index (χ1n) is 6.63. The van der Waals surface area contributed by atoms with E-state index in [9.17, 15) is 8.78 Å². The summed E-state index contributed by atoms with van der Waals surface area (Å²) in [7, 11) is 1.29. The fraction of sp³-hybridized carbons (Fsp3) is 0.0625. The summed E-state index contributed by atoms with van der Waals surface area (Å²) >= 11 is 1.06. The maximum Gasteiger partial charge on any atom is 0.195 e. The molecule has 0 bridgehead atoms. The van der Waals surface area contributed by atoms with Gasteiger partial charge in [0.15, 0.2) is 11.5 Å². The Labute approximate surface area is 135 Å². The van der Waals surface area contributed by atoms with Crippen LogP contribution in [-0.4, -0.2) is 22.2 Å². The van der Waals surface area contributed by atoms with E-state index in [2.05, 4.69) is 19.4 Å². The molecule has 23 heavy (non-hydrogen) atoms. The van der Waals surface area contributed by atoms with Crippen molar-refractivity contribution in [2.24, 2.45) is 5.16 Å². The monoisotopic (exact) mass is 331 g/mol. The summed E-state index contributed by atoms with van der Waals surface area (Å²) in [4.78, 5) is 8.62. The van der Waals surface area contributed by atoms with Crippen molar-refractivity contribution in [1.82, 2.24) is 9.36 Å². The van der Waals surface area contributed by atoms with Crippen LogP contribution in [0.3, 0.4) is 0 Å². The van der Waals surface area contributed by atoms with Crippen LogP contribution in [-0.2, 0) is 4.84 Å². The third kappa shape index (κ3) is 3.09. The molecular formula is C16H11F2N3OS. The average molecular weight is 331 g/mol. The fourth-order valence-electron chi connectivity index (χ4n) is 2.16. The highest BCUT2D eigenvalue weighted by Gasteiger charge is 2.22. The molecule has 0 aliphatic heterocycles. The zero-order valence-corrected chi connectivity index (χ0v) is 12.8. The van der Waals surface area contributed by atoms with Crippen LogP contribution in [0.5, 0.6) is 0 Å². The van der Waals surface area contributed by atoms with E-state index in [0.29, 0.717) is 11.1 Å². The van der Waals surface area contributed by atoms with Gasteiger partial charge in [-0.2, -0.15) is 4.37 Å². The maximum atomic E-state index is 14.5. The Morgan fingerprint density at radius 1 is 1.09 bits per heavy atom. The summed E-state index contributed by atoms with van der Waals surface area (Å²) in [5.74, 6) is -1.40. The minimum atomic E-state index is -0.755. The lowest BCUT2D eigenvalue weighted by Gasteiger charge is -2.09. The van der Waals surface area contributed by atoms with Crippen LogP contribution < -0.4 is 0 Å². The highest BCUT2D eigenvalue weighted by molar-refractivity contribution is 7.03. The molecule has 3 aromatic rings. The minimum absolute atomic E-state index is 0.0802. The predicted molar refractivity (Wildman–Crippen MR) is 84.4 cm³/mol. The maximum absolute atomic E-state index is 14.5. The van der Waals surface area contributed by atoms with Gasteiger partial charge in [-0.05, 0) is 34.8 Å². The second-order valence-electron chi connectivity index (χ2n) is 4.56. The molecule has 0 aliphatic rings. The summed E-state index contributed by atoms with van der Waals surface area (Å²) in [6.45, 7) is 0. The molecule has 7 heteroatoms. The Hall–Kier alpha value is -2.67. The van der Waals surface area contributed by atoms with E-state index in [-0.39, 0.29) is 17.1 Å². The van der Waals surface area contributed by atoms with Gasteiger partial charge in [0.25, 0.3) is 0 Å². The number of aromatic nitrogens is 2. The quantitative estimate of drug-likeness (QED) is 0.538. The number of nitrogens with zero attached hydrogens (tertiary/aromatic N) is 3. The molecule has 0 N–H and O–H groups in total. The van der Waals surface area contributed by atoms with Crippen LogP contribution in [0.2, 0.25) is 0 Å². The van der Waals surface area contributed by atoms with Crippen LogP contribution in [0.25, 0.3) is 11.1 Å². The molecule has 0 saturated carbocycles. The number of oxime groups is 1. The molecule has 4 nitrogen and oxygen atoms in total. The summed E-state index contributed by atoms with van der Waals surface area (Å²) in [5, 5.41) is 3.68. The first-order chi connectivity index (χ1) is 11.2. The third-order valence-corrected chi connectivity index (χ3v) is 3.62. The zero-order valence-electron chi connectivity index (χ0n) is 12.0. The first-order valence-corrected chi connectivity index (χ1v) is 7.47. The molecule has 0 fully saturated rings. The Balaban J connectivity index is 2.12. The predicted octanol–water partition coefficient (Wildman–Crippen LogP) is 3.88. The van der Waals surface area contributed by atoms with Gasteiger partial charge in [0, 0.05) is 0 Å². The van der Waals surface area contributed by atoms with Crippen LogP contribution in [0, 0.1) is 11.6 Å².